The zero-order valence-electron chi connectivity index (χ0n) is 16.1. The number of hydrogen-bond acceptors (Lipinski definition) is 6. The van der Waals surface area contributed by atoms with Crippen LogP contribution in [-0.4, -0.2) is 20.2 Å². The van der Waals surface area contributed by atoms with Crippen LogP contribution >= 0.6 is 0 Å². The van der Waals surface area contributed by atoms with Gasteiger partial charge in [-0.25, -0.2) is 4.79 Å². The normalized spacial score (nSPS) is 10.7. The second kappa shape index (κ2) is 8.61. The molecule has 0 N–H and O–H groups in total. The first kappa shape index (κ1) is 19.5. The number of fused-ring (bicyclic) bond motifs is 1. The first-order valence-electron chi connectivity index (χ1n) is 8.90. The summed E-state index contributed by atoms with van der Waals surface area (Å²) in [7, 11) is 2.98. The summed E-state index contributed by atoms with van der Waals surface area (Å²) < 4.78 is 21.2. The summed E-state index contributed by atoms with van der Waals surface area (Å²) in [5.41, 5.74) is 2.67. The van der Waals surface area contributed by atoms with Gasteiger partial charge in [-0.2, -0.15) is 0 Å². The average molecular weight is 382 g/mol. The maximum atomic E-state index is 11.7. The highest BCUT2D eigenvalue weighted by atomic mass is 16.5. The minimum absolute atomic E-state index is 0.233. The molecule has 0 saturated heterocycles. The van der Waals surface area contributed by atoms with Gasteiger partial charge in [0, 0.05) is 23.9 Å². The van der Waals surface area contributed by atoms with E-state index in [-0.39, 0.29) is 12.4 Å². The number of methoxy groups -OCH3 is 2. The second-order valence-corrected chi connectivity index (χ2v) is 6.42. The van der Waals surface area contributed by atoms with Crippen LogP contribution in [0.4, 0.5) is 0 Å². The van der Waals surface area contributed by atoms with E-state index in [9.17, 15) is 9.59 Å². The Kier molecular flexibility index (Phi) is 5.99. The first-order chi connectivity index (χ1) is 13.5. The van der Waals surface area contributed by atoms with Gasteiger partial charge in [-0.3, -0.25) is 4.79 Å². The lowest BCUT2D eigenvalue weighted by atomic mass is 10.0. The summed E-state index contributed by atoms with van der Waals surface area (Å²) in [4.78, 5) is 23.3. The maximum absolute atomic E-state index is 11.7. The summed E-state index contributed by atoms with van der Waals surface area (Å²) in [6.07, 6.45) is 0.690. The lowest BCUT2D eigenvalue weighted by molar-refractivity contribution is -0.140. The number of esters is 1. The van der Waals surface area contributed by atoms with Crippen molar-refractivity contribution in [3.63, 3.8) is 0 Å². The van der Waals surface area contributed by atoms with E-state index in [2.05, 4.69) is 0 Å². The van der Waals surface area contributed by atoms with E-state index in [1.165, 1.54) is 13.2 Å². The highest BCUT2D eigenvalue weighted by Gasteiger charge is 2.13. The number of rotatable bonds is 7. The standard InChI is InChI=1S/C22H22O6/c1-14-10-22(24)28-20-12-19(16(11-18(14)20)6-9-21(23)26-3)27-13-15-4-7-17(25-2)8-5-15/h4-5,7-8,10-12H,6,9,13H2,1-3H3. The van der Waals surface area contributed by atoms with Crippen LogP contribution in [0.3, 0.4) is 0 Å². The Labute approximate surface area is 162 Å². The van der Waals surface area contributed by atoms with Crippen molar-refractivity contribution >= 4 is 16.9 Å². The summed E-state index contributed by atoms with van der Waals surface area (Å²) in [5, 5.41) is 0.816. The van der Waals surface area contributed by atoms with Gasteiger partial charge in [0.1, 0.15) is 23.7 Å². The molecule has 0 aliphatic heterocycles. The zero-order chi connectivity index (χ0) is 20.1. The Bertz CT molecular complexity index is 1030. The third-order valence-electron chi connectivity index (χ3n) is 4.51. The Hall–Kier alpha value is -3.28. The van der Waals surface area contributed by atoms with Crippen LogP contribution < -0.4 is 15.1 Å². The number of benzene rings is 2. The van der Waals surface area contributed by atoms with Crippen molar-refractivity contribution in [3.8, 4) is 11.5 Å². The molecule has 6 heteroatoms. The highest BCUT2D eigenvalue weighted by Crippen LogP contribution is 2.29. The largest absolute Gasteiger partial charge is 0.497 e. The monoisotopic (exact) mass is 382 g/mol. The third kappa shape index (κ3) is 4.52. The van der Waals surface area contributed by atoms with E-state index >= 15 is 0 Å². The number of aryl methyl sites for hydroxylation is 2. The topological polar surface area (TPSA) is 75.0 Å². The van der Waals surface area contributed by atoms with Gasteiger partial charge in [-0.1, -0.05) is 12.1 Å². The Balaban J connectivity index is 1.92. The SMILES string of the molecule is COC(=O)CCc1cc2c(C)cc(=O)oc2cc1OCc1ccc(OC)cc1. The van der Waals surface area contributed by atoms with Gasteiger partial charge in [0.15, 0.2) is 0 Å². The van der Waals surface area contributed by atoms with E-state index in [0.717, 1.165) is 27.8 Å². The van der Waals surface area contributed by atoms with Gasteiger partial charge in [0.2, 0.25) is 0 Å². The van der Waals surface area contributed by atoms with Gasteiger partial charge in [-0.15, -0.1) is 0 Å². The fraction of sp³-hybridized carbons (Fsp3) is 0.273. The smallest absolute Gasteiger partial charge is 0.336 e. The van der Waals surface area contributed by atoms with Crippen molar-refractivity contribution in [3.05, 3.63) is 69.6 Å². The molecule has 0 aliphatic carbocycles. The molecule has 3 rings (SSSR count). The Morgan fingerprint density at radius 3 is 2.50 bits per heavy atom. The van der Waals surface area contributed by atoms with Crippen molar-refractivity contribution in [1.82, 2.24) is 0 Å². The summed E-state index contributed by atoms with van der Waals surface area (Å²) in [6, 6.07) is 12.6. The van der Waals surface area contributed by atoms with Gasteiger partial charge < -0.3 is 18.6 Å². The van der Waals surface area contributed by atoms with Crippen molar-refractivity contribution < 1.29 is 23.4 Å². The molecule has 0 amide bonds. The molecule has 0 spiro atoms. The van der Waals surface area contributed by atoms with E-state index in [1.807, 2.05) is 37.3 Å². The van der Waals surface area contributed by atoms with E-state index in [0.29, 0.717) is 24.4 Å². The van der Waals surface area contributed by atoms with E-state index < -0.39 is 5.63 Å². The van der Waals surface area contributed by atoms with Crippen molar-refractivity contribution in [2.75, 3.05) is 14.2 Å². The van der Waals surface area contributed by atoms with Gasteiger partial charge in [0.25, 0.3) is 0 Å². The molecular weight excluding hydrogens is 360 g/mol. The molecule has 0 unspecified atom stereocenters. The van der Waals surface area contributed by atoms with Crippen LogP contribution in [0.1, 0.15) is 23.1 Å². The molecule has 0 fully saturated rings. The van der Waals surface area contributed by atoms with Crippen molar-refractivity contribution in [1.29, 1.82) is 0 Å². The molecule has 6 nitrogen and oxygen atoms in total. The summed E-state index contributed by atoms with van der Waals surface area (Å²) in [5.74, 6) is 1.05. The maximum Gasteiger partial charge on any atom is 0.336 e. The summed E-state index contributed by atoms with van der Waals surface area (Å²) >= 11 is 0. The van der Waals surface area contributed by atoms with Crippen LogP contribution in [0.5, 0.6) is 11.5 Å². The molecule has 146 valence electrons. The van der Waals surface area contributed by atoms with Crippen LogP contribution in [0.2, 0.25) is 0 Å². The number of carbonyl (C=O) groups is 1. The molecule has 0 radical (unpaired) electrons. The molecule has 0 saturated carbocycles. The Morgan fingerprint density at radius 1 is 1.07 bits per heavy atom. The molecule has 3 aromatic rings. The minimum atomic E-state index is -0.409. The molecule has 1 aromatic heterocycles. The molecule has 2 aromatic carbocycles. The average Bonchev–Trinajstić information content (AvgIpc) is 2.70. The van der Waals surface area contributed by atoms with Crippen LogP contribution in [-0.2, 0) is 22.6 Å². The Morgan fingerprint density at radius 2 is 1.82 bits per heavy atom. The first-order valence-corrected chi connectivity index (χ1v) is 8.90. The minimum Gasteiger partial charge on any atom is -0.497 e. The fourth-order valence-corrected chi connectivity index (χ4v) is 2.94. The number of ether oxygens (including phenoxy) is 3. The predicted molar refractivity (Wildman–Crippen MR) is 105 cm³/mol. The van der Waals surface area contributed by atoms with Crippen molar-refractivity contribution in [2.45, 2.75) is 26.4 Å². The van der Waals surface area contributed by atoms with Crippen LogP contribution in [0.25, 0.3) is 11.0 Å². The molecule has 0 bridgehead atoms. The summed E-state index contributed by atoms with van der Waals surface area (Å²) in [6.45, 7) is 2.18. The second-order valence-electron chi connectivity index (χ2n) is 6.42. The quantitative estimate of drug-likeness (QED) is 0.457. The van der Waals surface area contributed by atoms with E-state index in [4.69, 9.17) is 18.6 Å². The molecule has 0 aliphatic rings. The fourth-order valence-electron chi connectivity index (χ4n) is 2.94. The molecule has 0 atom stereocenters. The third-order valence-corrected chi connectivity index (χ3v) is 4.51. The van der Waals surface area contributed by atoms with Crippen LogP contribution in [0.15, 0.2) is 51.7 Å². The molecule has 28 heavy (non-hydrogen) atoms. The van der Waals surface area contributed by atoms with Gasteiger partial charge >= 0.3 is 11.6 Å². The van der Waals surface area contributed by atoms with Gasteiger partial charge in [0.05, 0.1) is 14.2 Å². The lowest BCUT2D eigenvalue weighted by Gasteiger charge is -2.13. The van der Waals surface area contributed by atoms with Gasteiger partial charge in [-0.05, 0) is 48.2 Å². The highest BCUT2D eigenvalue weighted by molar-refractivity contribution is 5.83. The molecule has 1 heterocycles. The zero-order valence-corrected chi connectivity index (χ0v) is 16.1. The van der Waals surface area contributed by atoms with Crippen LogP contribution in [0, 0.1) is 6.92 Å². The number of carbonyl (C=O) groups excluding carboxylic acids is 1. The van der Waals surface area contributed by atoms with Crippen molar-refractivity contribution in [2.24, 2.45) is 0 Å². The lowest BCUT2D eigenvalue weighted by Crippen LogP contribution is -2.05. The number of hydrogen-bond donors (Lipinski definition) is 0. The van der Waals surface area contributed by atoms with E-state index in [1.54, 1.807) is 13.2 Å². The molecular formula is C22H22O6. The predicted octanol–water partition coefficient (Wildman–Crippen LogP) is 3.79.